The lowest BCUT2D eigenvalue weighted by molar-refractivity contribution is -0.132. The van der Waals surface area contributed by atoms with Gasteiger partial charge >= 0.3 is 0 Å². The normalized spacial score (nSPS) is 16.9. The number of benzene rings is 3. The highest BCUT2D eigenvalue weighted by atomic mass is 16.5. The Hall–Kier alpha value is -4.26. The van der Waals surface area contributed by atoms with Crippen LogP contribution in [0.3, 0.4) is 0 Å². The largest absolute Gasteiger partial charge is 0.506 e. The molecule has 0 aromatic heterocycles. The molecule has 1 N–H and O–H groups in total. The summed E-state index contributed by atoms with van der Waals surface area (Å²) in [5, 5.41) is 11.6. The Kier molecular flexibility index (Phi) is 6.51. The van der Waals surface area contributed by atoms with E-state index in [0.717, 1.165) is 11.1 Å². The highest BCUT2D eigenvalue weighted by Gasteiger charge is 2.48. The van der Waals surface area contributed by atoms with Gasteiger partial charge in [0, 0.05) is 5.69 Å². The highest BCUT2D eigenvalue weighted by molar-refractivity contribution is 6.52. The summed E-state index contributed by atoms with van der Waals surface area (Å²) in [6.45, 7) is 3.84. The monoisotopic (exact) mass is 473 g/mol. The minimum atomic E-state index is -0.903. The van der Waals surface area contributed by atoms with Crippen molar-refractivity contribution in [3.8, 4) is 17.2 Å². The van der Waals surface area contributed by atoms with Crippen LogP contribution in [0.2, 0.25) is 0 Å². The Balaban J connectivity index is 2.06. The molecule has 0 spiro atoms. The molecule has 0 saturated carbocycles. The van der Waals surface area contributed by atoms with E-state index in [4.69, 9.17) is 14.2 Å². The molecular weight excluding hydrogens is 446 g/mol. The number of carbonyl (C=O) groups excluding carboxylic acids is 2. The quantitative estimate of drug-likeness (QED) is 0.310. The lowest BCUT2D eigenvalue weighted by Crippen LogP contribution is -2.30. The van der Waals surface area contributed by atoms with Gasteiger partial charge in [-0.25, -0.2) is 0 Å². The molecule has 1 amide bonds. The zero-order chi connectivity index (χ0) is 25.3. The van der Waals surface area contributed by atoms with Crippen molar-refractivity contribution in [1.82, 2.24) is 0 Å². The Morgan fingerprint density at radius 3 is 2.11 bits per heavy atom. The molecule has 0 aliphatic carbocycles. The van der Waals surface area contributed by atoms with Crippen LogP contribution in [-0.4, -0.2) is 38.1 Å². The summed E-state index contributed by atoms with van der Waals surface area (Å²) in [4.78, 5) is 28.5. The van der Waals surface area contributed by atoms with Gasteiger partial charge in [-0.05, 0) is 60.9 Å². The van der Waals surface area contributed by atoms with E-state index in [0.29, 0.717) is 28.5 Å². The van der Waals surface area contributed by atoms with E-state index in [1.54, 1.807) is 55.6 Å². The third-order valence-corrected chi connectivity index (χ3v) is 6.35. The van der Waals surface area contributed by atoms with E-state index >= 15 is 0 Å². The maximum Gasteiger partial charge on any atom is 0.300 e. The lowest BCUT2D eigenvalue weighted by atomic mass is 9.94. The number of rotatable bonds is 6. The van der Waals surface area contributed by atoms with E-state index in [1.165, 1.54) is 19.1 Å². The first-order valence-corrected chi connectivity index (χ1v) is 11.1. The molecule has 1 aliphatic heterocycles. The number of methoxy groups -OCH3 is 3. The first-order chi connectivity index (χ1) is 16.8. The average molecular weight is 474 g/mol. The van der Waals surface area contributed by atoms with E-state index in [9.17, 15) is 14.7 Å². The SMILES string of the molecule is COc1cccc(C2/C(=C(\O)c3c(OC)cccc3OC)C(=O)C(=O)N2c2cccc(C)c2C)c1. The molecule has 0 bridgehead atoms. The topological polar surface area (TPSA) is 85.3 Å². The maximum absolute atomic E-state index is 13.5. The number of Topliss-reactive ketones (excluding diaryl/α,β-unsaturated/α-hetero) is 1. The smallest absolute Gasteiger partial charge is 0.300 e. The molecule has 3 aromatic carbocycles. The van der Waals surface area contributed by atoms with Crippen LogP contribution < -0.4 is 19.1 Å². The molecule has 0 radical (unpaired) electrons. The molecule has 3 aromatic rings. The van der Waals surface area contributed by atoms with Crippen LogP contribution in [0, 0.1) is 13.8 Å². The fraction of sp³-hybridized carbons (Fsp3) is 0.214. The van der Waals surface area contributed by atoms with Crippen molar-refractivity contribution in [2.24, 2.45) is 0 Å². The van der Waals surface area contributed by atoms with Crippen molar-refractivity contribution < 1.29 is 28.9 Å². The summed E-state index contributed by atoms with van der Waals surface area (Å²) >= 11 is 0. The molecule has 7 nitrogen and oxygen atoms in total. The number of anilines is 1. The van der Waals surface area contributed by atoms with Crippen LogP contribution in [-0.2, 0) is 9.59 Å². The van der Waals surface area contributed by atoms with Crippen molar-refractivity contribution in [2.75, 3.05) is 26.2 Å². The van der Waals surface area contributed by atoms with Gasteiger partial charge in [0.2, 0.25) is 0 Å². The van der Waals surface area contributed by atoms with Gasteiger partial charge in [-0.3, -0.25) is 14.5 Å². The van der Waals surface area contributed by atoms with E-state index in [1.807, 2.05) is 26.0 Å². The number of aryl methyl sites for hydroxylation is 1. The molecule has 4 rings (SSSR count). The summed E-state index contributed by atoms with van der Waals surface area (Å²) in [6, 6.07) is 16.8. The minimum Gasteiger partial charge on any atom is -0.506 e. The van der Waals surface area contributed by atoms with Crippen LogP contribution in [0.25, 0.3) is 5.76 Å². The molecule has 1 heterocycles. The second kappa shape index (κ2) is 9.54. The average Bonchev–Trinajstić information content (AvgIpc) is 3.14. The number of carbonyl (C=O) groups is 2. The predicted octanol–water partition coefficient (Wildman–Crippen LogP) is 4.96. The fourth-order valence-electron chi connectivity index (χ4n) is 4.42. The van der Waals surface area contributed by atoms with Crippen molar-refractivity contribution >= 4 is 23.1 Å². The molecule has 7 heteroatoms. The predicted molar refractivity (Wildman–Crippen MR) is 133 cm³/mol. The third-order valence-electron chi connectivity index (χ3n) is 6.35. The Morgan fingerprint density at radius 1 is 0.857 bits per heavy atom. The van der Waals surface area contributed by atoms with Gasteiger partial charge < -0.3 is 19.3 Å². The van der Waals surface area contributed by atoms with Gasteiger partial charge in [-0.2, -0.15) is 0 Å². The first-order valence-electron chi connectivity index (χ1n) is 11.1. The summed E-state index contributed by atoms with van der Waals surface area (Å²) in [5.74, 6) is -0.735. The third kappa shape index (κ3) is 3.99. The highest BCUT2D eigenvalue weighted by Crippen LogP contribution is 2.46. The molecular formula is C28H27NO6. The Morgan fingerprint density at radius 2 is 1.49 bits per heavy atom. The van der Waals surface area contributed by atoms with Gasteiger partial charge in [-0.1, -0.05) is 30.3 Å². The number of ether oxygens (including phenoxy) is 3. The number of hydrogen-bond donors (Lipinski definition) is 1. The van der Waals surface area contributed by atoms with Gasteiger partial charge in [0.1, 0.15) is 28.6 Å². The van der Waals surface area contributed by atoms with Gasteiger partial charge in [0.25, 0.3) is 11.7 Å². The Labute approximate surface area is 204 Å². The standard InChI is InChI=1S/C28H27NO6/c1-16-9-6-12-20(17(16)2)29-25(18-10-7-11-19(15-18)33-3)24(27(31)28(29)32)26(30)23-21(34-4)13-8-14-22(23)35-5/h6-15,25,30H,1-5H3/b26-24+. The van der Waals surface area contributed by atoms with E-state index in [2.05, 4.69) is 0 Å². The molecule has 1 unspecified atom stereocenters. The van der Waals surface area contributed by atoms with Crippen LogP contribution in [0.4, 0.5) is 5.69 Å². The second-order valence-electron chi connectivity index (χ2n) is 8.20. The second-order valence-corrected chi connectivity index (χ2v) is 8.20. The number of amides is 1. The number of hydrogen-bond acceptors (Lipinski definition) is 6. The van der Waals surface area contributed by atoms with Crippen LogP contribution in [0.1, 0.15) is 28.3 Å². The van der Waals surface area contributed by atoms with Crippen molar-refractivity contribution in [3.63, 3.8) is 0 Å². The first kappa shape index (κ1) is 23.9. The van der Waals surface area contributed by atoms with Crippen LogP contribution >= 0.6 is 0 Å². The van der Waals surface area contributed by atoms with Crippen molar-refractivity contribution in [3.05, 3.63) is 88.5 Å². The van der Waals surface area contributed by atoms with Gasteiger partial charge in [0.15, 0.2) is 0 Å². The Bertz CT molecular complexity index is 1320. The van der Waals surface area contributed by atoms with Crippen molar-refractivity contribution in [1.29, 1.82) is 0 Å². The van der Waals surface area contributed by atoms with Crippen LogP contribution in [0.5, 0.6) is 17.2 Å². The molecule has 35 heavy (non-hydrogen) atoms. The molecule has 1 aliphatic rings. The number of ketones is 1. The summed E-state index contributed by atoms with van der Waals surface area (Å²) in [6.07, 6.45) is 0. The number of nitrogens with zero attached hydrogens (tertiary/aromatic N) is 1. The summed E-state index contributed by atoms with van der Waals surface area (Å²) in [7, 11) is 4.46. The molecule has 180 valence electrons. The molecule has 1 saturated heterocycles. The summed E-state index contributed by atoms with van der Waals surface area (Å²) in [5.41, 5.74) is 3.17. The van der Waals surface area contributed by atoms with Crippen molar-refractivity contribution in [2.45, 2.75) is 19.9 Å². The van der Waals surface area contributed by atoms with E-state index in [-0.39, 0.29) is 16.9 Å². The fourth-order valence-corrected chi connectivity index (χ4v) is 4.42. The zero-order valence-corrected chi connectivity index (χ0v) is 20.3. The van der Waals surface area contributed by atoms with Crippen LogP contribution in [0.15, 0.2) is 66.2 Å². The number of aliphatic hydroxyl groups excluding tert-OH is 1. The number of aliphatic hydroxyl groups is 1. The molecule has 1 atom stereocenters. The molecule has 1 fully saturated rings. The lowest BCUT2D eigenvalue weighted by Gasteiger charge is -2.27. The summed E-state index contributed by atoms with van der Waals surface area (Å²) < 4.78 is 16.3. The minimum absolute atomic E-state index is 0.0630. The zero-order valence-electron chi connectivity index (χ0n) is 20.3. The van der Waals surface area contributed by atoms with E-state index < -0.39 is 17.7 Å². The van der Waals surface area contributed by atoms with Gasteiger partial charge in [0.05, 0.1) is 32.9 Å². The van der Waals surface area contributed by atoms with Gasteiger partial charge in [-0.15, -0.1) is 0 Å². The maximum atomic E-state index is 13.5.